The summed E-state index contributed by atoms with van der Waals surface area (Å²) in [7, 11) is -3.56. The Balaban J connectivity index is 1.80. The van der Waals surface area contributed by atoms with Gasteiger partial charge in [0.1, 0.15) is 6.54 Å². The number of benzene rings is 2. The Bertz CT molecular complexity index is 899. The molecular formula is C18H19BrN2O3S. The number of carbonyl (C=O) groups excluding carboxylic acids is 1. The lowest BCUT2D eigenvalue weighted by Gasteiger charge is -2.31. The lowest BCUT2D eigenvalue weighted by molar-refractivity contribution is -0.130. The van der Waals surface area contributed by atoms with Gasteiger partial charge in [-0.05, 0) is 35.7 Å². The molecule has 0 fully saturated rings. The van der Waals surface area contributed by atoms with E-state index >= 15 is 0 Å². The number of fused-ring (bicyclic) bond motifs is 1. The first-order chi connectivity index (χ1) is 11.8. The summed E-state index contributed by atoms with van der Waals surface area (Å²) in [5.74, 6) is -0.195. The monoisotopic (exact) mass is 422 g/mol. The maximum Gasteiger partial charge on any atom is 0.243 e. The number of rotatable bonds is 4. The van der Waals surface area contributed by atoms with Gasteiger partial charge < -0.3 is 4.90 Å². The summed E-state index contributed by atoms with van der Waals surface area (Å²) in [4.78, 5) is 14.5. The number of amides is 1. The van der Waals surface area contributed by atoms with Gasteiger partial charge in [0.05, 0.1) is 11.9 Å². The molecule has 0 aromatic heterocycles. The van der Waals surface area contributed by atoms with Crippen molar-refractivity contribution in [2.24, 2.45) is 0 Å². The average molecular weight is 423 g/mol. The van der Waals surface area contributed by atoms with E-state index in [1.807, 2.05) is 24.3 Å². The van der Waals surface area contributed by atoms with Gasteiger partial charge in [0, 0.05) is 17.6 Å². The maximum absolute atomic E-state index is 12.7. The van der Waals surface area contributed by atoms with Crippen LogP contribution in [0.2, 0.25) is 0 Å². The molecule has 0 saturated carbocycles. The van der Waals surface area contributed by atoms with E-state index < -0.39 is 10.0 Å². The van der Waals surface area contributed by atoms with Gasteiger partial charge in [-0.15, -0.1) is 0 Å². The van der Waals surface area contributed by atoms with Crippen LogP contribution in [0.1, 0.15) is 11.1 Å². The predicted molar refractivity (Wildman–Crippen MR) is 102 cm³/mol. The van der Waals surface area contributed by atoms with Crippen molar-refractivity contribution >= 4 is 37.5 Å². The standard InChI is InChI=1S/C18H19BrN2O3S/c1-25(23,24)21(17-8-4-7-16(19)11-17)13-18(22)20-10-9-14-5-2-3-6-15(14)12-20/h2-8,11H,9-10,12-13H2,1H3. The van der Waals surface area contributed by atoms with Gasteiger partial charge in [0.25, 0.3) is 0 Å². The average Bonchev–Trinajstić information content (AvgIpc) is 2.58. The van der Waals surface area contributed by atoms with Crippen LogP contribution in [0.3, 0.4) is 0 Å². The minimum Gasteiger partial charge on any atom is -0.336 e. The molecule has 7 heteroatoms. The SMILES string of the molecule is CS(=O)(=O)N(CC(=O)N1CCc2ccccc2C1)c1cccc(Br)c1. The highest BCUT2D eigenvalue weighted by molar-refractivity contribution is 9.10. The van der Waals surface area contributed by atoms with E-state index in [1.54, 1.807) is 23.1 Å². The zero-order valence-electron chi connectivity index (χ0n) is 13.9. The van der Waals surface area contributed by atoms with Crippen molar-refractivity contribution in [1.82, 2.24) is 4.90 Å². The molecule has 0 unspecified atom stereocenters. The number of hydrogen-bond donors (Lipinski definition) is 0. The highest BCUT2D eigenvalue weighted by Gasteiger charge is 2.26. The first-order valence-electron chi connectivity index (χ1n) is 7.92. The third-order valence-electron chi connectivity index (χ3n) is 4.26. The molecule has 1 aliphatic rings. The molecule has 1 heterocycles. The summed E-state index contributed by atoms with van der Waals surface area (Å²) < 4.78 is 26.3. The lowest BCUT2D eigenvalue weighted by atomic mass is 10.00. The smallest absolute Gasteiger partial charge is 0.243 e. The first kappa shape index (κ1) is 17.9. The highest BCUT2D eigenvalue weighted by Crippen LogP contribution is 2.23. The Kier molecular flexibility index (Phi) is 5.15. The molecule has 1 amide bonds. The molecule has 0 atom stereocenters. The molecular weight excluding hydrogens is 404 g/mol. The fraction of sp³-hybridized carbons (Fsp3) is 0.278. The van der Waals surface area contributed by atoms with E-state index in [0.29, 0.717) is 18.8 Å². The van der Waals surface area contributed by atoms with E-state index in [1.165, 1.54) is 5.56 Å². The van der Waals surface area contributed by atoms with Crippen LogP contribution >= 0.6 is 15.9 Å². The van der Waals surface area contributed by atoms with Crippen molar-refractivity contribution in [3.05, 3.63) is 64.1 Å². The summed E-state index contributed by atoms with van der Waals surface area (Å²) in [5, 5.41) is 0. The topological polar surface area (TPSA) is 57.7 Å². The van der Waals surface area contributed by atoms with Crippen molar-refractivity contribution in [3.8, 4) is 0 Å². The Morgan fingerprint density at radius 3 is 2.56 bits per heavy atom. The van der Waals surface area contributed by atoms with E-state index in [2.05, 4.69) is 22.0 Å². The predicted octanol–water partition coefficient (Wildman–Crippen LogP) is 2.80. The van der Waals surface area contributed by atoms with Gasteiger partial charge in [-0.25, -0.2) is 8.42 Å². The molecule has 0 radical (unpaired) electrons. The second-order valence-corrected chi connectivity index (χ2v) is 8.91. The largest absolute Gasteiger partial charge is 0.336 e. The molecule has 0 N–H and O–H groups in total. The Hall–Kier alpha value is -1.86. The van der Waals surface area contributed by atoms with Crippen LogP contribution in [0, 0.1) is 0 Å². The Labute approximate surface area is 156 Å². The van der Waals surface area contributed by atoms with E-state index in [-0.39, 0.29) is 12.5 Å². The first-order valence-corrected chi connectivity index (χ1v) is 10.6. The molecule has 1 aliphatic heterocycles. The second kappa shape index (κ2) is 7.17. The Morgan fingerprint density at radius 1 is 1.16 bits per heavy atom. The summed E-state index contributed by atoms with van der Waals surface area (Å²) in [5.41, 5.74) is 2.84. The normalized spacial score (nSPS) is 14.1. The summed E-state index contributed by atoms with van der Waals surface area (Å²) in [6, 6.07) is 15.0. The van der Waals surface area contributed by atoms with Gasteiger partial charge in [-0.2, -0.15) is 0 Å². The molecule has 132 valence electrons. The number of nitrogens with zero attached hydrogens (tertiary/aromatic N) is 2. The van der Waals surface area contributed by atoms with Crippen LogP contribution in [-0.2, 0) is 27.8 Å². The molecule has 0 bridgehead atoms. The zero-order chi connectivity index (χ0) is 18.0. The molecule has 0 saturated heterocycles. The van der Waals surface area contributed by atoms with Crippen LogP contribution < -0.4 is 4.31 Å². The third kappa shape index (κ3) is 4.22. The number of halogens is 1. The quantitative estimate of drug-likeness (QED) is 0.760. The highest BCUT2D eigenvalue weighted by atomic mass is 79.9. The van der Waals surface area contributed by atoms with Crippen molar-refractivity contribution in [2.75, 3.05) is 23.7 Å². The van der Waals surface area contributed by atoms with Gasteiger partial charge in [-0.3, -0.25) is 9.10 Å². The van der Waals surface area contributed by atoms with Crippen molar-refractivity contribution in [1.29, 1.82) is 0 Å². The van der Waals surface area contributed by atoms with Crippen LogP contribution in [0.15, 0.2) is 53.0 Å². The summed E-state index contributed by atoms with van der Waals surface area (Å²) in [6.07, 6.45) is 1.91. The molecule has 0 spiro atoms. The number of anilines is 1. The molecule has 3 rings (SSSR count). The molecule has 5 nitrogen and oxygen atoms in total. The fourth-order valence-electron chi connectivity index (χ4n) is 2.96. The molecule has 2 aromatic rings. The minimum absolute atomic E-state index is 0.195. The maximum atomic E-state index is 12.7. The summed E-state index contributed by atoms with van der Waals surface area (Å²) in [6.45, 7) is 0.925. The van der Waals surface area contributed by atoms with Crippen LogP contribution in [0.5, 0.6) is 0 Å². The van der Waals surface area contributed by atoms with Gasteiger partial charge >= 0.3 is 0 Å². The Morgan fingerprint density at radius 2 is 1.88 bits per heavy atom. The van der Waals surface area contributed by atoms with Crippen LogP contribution in [-0.4, -0.2) is 38.6 Å². The summed E-state index contributed by atoms with van der Waals surface area (Å²) >= 11 is 3.34. The fourth-order valence-corrected chi connectivity index (χ4v) is 4.19. The van der Waals surface area contributed by atoms with Gasteiger partial charge in [0.15, 0.2) is 0 Å². The zero-order valence-corrected chi connectivity index (χ0v) is 16.3. The van der Waals surface area contributed by atoms with Gasteiger partial charge in [-0.1, -0.05) is 46.3 Å². The number of hydrogen-bond acceptors (Lipinski definition) is 3. The lowest BCUT2D eigenvalue weighted by Crippen LogP contribution is -2.44. The van der Waals surface area contributed by atoms with E-state index in [9.17, 15) is 13.2 Å². The molecule has 0 aliphatic carbocycles. The van der Waals surface area contributed by atoms with E-state index in [0.717, 1.165) is 27.0 Å². The van der Waals surface area contributed by atoms with E-state index in [4.69, 9.17) is 0 Å². The number of sulfonamides is 1. The number of carbonyl (C=O) groups is 1. The van der Waals surface area contributed by atoms with Gasteiger partial charge in [0.2, 0.25) is 15.9 Å². The minimum atomic E-state index is -3.56. The van der Waals surface area contributed by atoms with Crippen molar-refractivity contribution < 1.29 is 13.2 Å². The third-order valence-corrected chi connectivity index (χ3v) is 5.89. The second-order valence-electron chi connectivity index (χ2n) is 6.08. The van der Waals surface area contributed by atoms with Crippen molar-refractivity contribution in [2.45, 2.75) is 13.0 Å². The van der Waals surface area contributed by atoms with Crippen LogP contribution in [0.4, 0.5) is 5.69 Å². The molecule has 2 aromatic carbocycles. The molecule has 25 heavy (non-hydrogen) atoms. The van der Waals surface area contributed by atoms with Crippen molar-refractivity contribution in [3.63, 3.8) is 0 Å². The van der Waals surface area contributed by atoms with Crippen LogP contribution in [0.25, 0.3) is 0 Å².